The van der Waals surface area contributed by atoms with Crippen molar-refractivity contribution in [1.82, 2.24) is 0 Å². The highest BCUT2D eigenvalue weighted by atomic mass is 35.5. The molecule has 0 spiro atoms. The monoisotopic (exact) mass is 239 g/mol. The first kappa shape index (κ1) is 11.3. The maximum Gasteiger partial charge on any atom is 0.339 e. The number of carbonyl (C=O) groups is 1. The largest absolute Gasteiger partial charge is 0.465 e. The minimum atomic E-state index is -0.404. The Kier molecular flexibility index (Phi) is 3.34. The quantitative estimate of drug-likeness (QED) is 0.821. The van der Waals surface area contributed by atoms with E-state index in [1.54, 1.807) is 12.1 Å². The van der Waals surface area contributed by atoms with E-state index in [9.17, 15) is 4.79 Å². The number of anilines is 1. The molecule has 0 aromatic heterocycles. The summed E-state index contributed by atoms with van der Waals surface area (Å²) in [7, 11) is 1.35. The average Bonchev–Trinajstić information content (AvgIpc) is 3.09. The van der Waals surface area contributed by atoms with Crippen molar-refractivity contribution in [1.29, 1.82) is 0 Å². The van der Waals surface area contributed by atoms with Gasteiger partial charge in [0.05, 0.1) is 17.7 Å². The number of methoxy groups -OCH3 is 1. The van der Waals surface area contributed by atoms with E-state index in [1.165, 1.54) is 20.0 Å². The van der Waals surface area contributed by atoms with Crippen LogP contribution in [-0.4, -0.2) is 19.6 Å². The highest BCUT2D eigenvalue weighted by Gasteiger charge is 2.20. The van der Waals surface area contributed by atoms with Crippen LogP contribution in [0.2, 0.25) is 5.02 Å². The summed E-state index contributed by atoms with van der Waals surface area (Å²) < 4.78 is 4.62. The number of hydrogen-bond acceptors (Lipinski definition) is 3. The van der Waals surface area contributed by atoms with Crippen molar-refractivity contribution in [2.24, 2.45) is 5.92 Å². The lowest BCUT2D eigenvalue weighted by atomic mass is 10.2. The van der Waals surface area contributed by atoms with E-state index < -0.39 is 5.97 Å². The molecule has 3 nitrogen and oxygen atoms in total. The highest BCUT2D eigenvalue weighted by molar-refractivity contribution is 6.33. The van der Waals surface area contributed by atoms with Crippen LogP contribution in [0.4, 0.5) is 5.69 Å². The van der Waals surface area contributed by atoms with E-state index >= 15 is 0 Å². The molecule has 2 rings (SSSR count). The fourth-order valence-electron chi connectivity index (χ4n) is 1.48. The van der Waals surface area contributed by atoms with Crippen molar-refractivity contribution in [3.63, 3.8) is 0 Å². The van der Waals surface area contributed by atoms with Crippen LogP contribution in [0, 0.1) is 5.92 Å². The summed E-state index contributed by atoms with van der Waals surface area (Å²) in [6, 6.07) is 5.29. The van der Waals surface area contributed by atoms with Crippen molar-refractivity contribution in [3.8, 4) is 0 Å². The number of hydrogen-bond donors (Lipinski definition) is 1. The summed E-state index contributed by atoms with van der Waals surface area (Å²) in [6.45, 7) is 0.980. The van der Waals surface area contributed by atoms with Gasteiger partial charge in [-0.3, -0.25) is 0 Å². The Balaban J connectivity index is 2.05. The third-order valence-corrected chi connectivity index (χ3v) is 2.98. The molecule has 1 aromatic carbocycles. The molecule has 1 saturated carbocycles. The van der Waals surface area contributed by atoms with E-state index in [0.29, 0.717) is 10.6 Å². The first-order valence-electron chi connectivity index (χ1n) is 5.32. The minimum Gasteiger partial charge on any atom is -0.465 e. The number of esters is 1. The zero-order valence-electron chi connectivity index (χ0n) is 9.13. The molecule has 0 unspecified atom stereocenters. The van der Waals surface area contributed by atoms with Gasteiger partial charge in [-0.25, -0.2) is 4.79 Å². The fourth-order valence-corrected chi connectivity index (χ4v) is 1.74. The van der Waals surface area contributed by atoms with Crippen LogP contribution >= 0.6 is 11.6 Å². The van der Waals surface area contributed by atoms with E-state index in [1.807, 2.05) is 6.07 Å². The molecule has 0 bridgehead atoms. The van der Waals surface area contributed by atoms with Crippen molar-refractivity contribution in [2.45, 2.75) is 12.8 Å². The van der Waals surface area contributed by atoms with Gasteiger partial charge in [-0.1, -0.05) is 11.6 Å². The van der Waals surface area contributed by atoms with Crippen LogP contribution in [0.3, 0.4) is 0 Å². The Morgan fingerprint density at radius 2 is 2.31 bits per heavy atom. The molecule has 1 aliphatic rings. The van der Waals surface area contributed by atoms with Crippen molar-refractivity contribution < 1.29 is 9.53 Å². The molecule has 0 atom stereocenters. The molecule has 0 saturated heterocycles. The molecule has 16 heavy (non-hydrogen) atoms. The summed E-state index contributed by atoms with van der Waals surface area (Å²) in [4.78, 5) is 11.3. The van der Waals surface area contributed by atoms with E-state index in [2.05, 4.69) is 10.1 Å². The molecular weight excluding hydrogens is 226 g/mol. The predicted molar refractivity (Wildman–Crippen MR) is 64.0 cm³/mol. The smallest absolute Gasteiger partial charge is 0.339 e. The number of halogens is 1. The summed E-state index contributed by atoms with van der Waals surface area (Å²) in [6.07, 6.45) is 2.61. The molecule has 1 fully saturated rings. The van der Waals surface area contributed by atoms with Gasteiger partial charge >= 0.3 is 5.97 Å². The summed E-state index contributed by atoms with van der Waals surface area (Å²) in [5.41, 5.74) is 1.35. The van der Waals surface area contributed by atoms with Crippen molar-refractivity contribution >= 4 is 23.3 Å². The van der Waals surface area contributed by atoms with Crippen molar-refractivity contribution in [2.75, 3.05) is 19.0 Å². The molecule has 0 amide bonds. The second-order valence-electron chi connectivity index (χ2n) is 4.01. The van der Waals surface area contributed by atoms with Gasteiger partial charge in [0.15, 0.2) is 0 Å². The summed E-state index contributed by atoms with van der Waals surface area (Å²) in [5, 5.41) is 3.72. The Bertz CT molecular complexity index is 402. The van der Waals surface area contributed by atoms with Gasteiger partial charge in [0, 0.05) is 12.2 Å². The van der Waals surface area contributed by atoms with Gasteiger partial charge in [-0.2, -0.15) is 0 Å². The van der Waals surface area contributed by atoms with Crippen LogP contribution in [0.25, 0.3) is 0 Å². The predicted octanol–water partition coefficient (Wildman–Crippen LogP) is 2.95. The normalized spacial score (nSPS) is 14.6. The van der Waals surface area contributed by atoms with Gasteiger partial charge in [-0.05, 0) is 37.0 Å². The lowest BCUT2D eigenvalue weighted by molar-refractivity contribution is 0.0601. The van der Waals surface area contributed by atoms with Crippen LogP contribution in [0.5, 0.6) is 0 Å². The Labute approximate surface area is 99.7 Å². The molecule has 0 radical (unpaired) electrons. The van der Waals surface area contributed by atoms with E-state index in [4.69, 9.17) is 11.6 Å². The lowest BCUT2D eigenvalue weighted by Crippen LogP contribution is -2.05. The molecule has 1 N–H and O–H groups in total. The number of rotatable bonds is 4. The fraction of sp³-hybridized carbons (Fsp3) is 0.417. The number of benzene rings is 1. The first-order chi connectivity index (χ1) is 7.70. The first-order valence-corrected chi connectivity index (χ1v) is 5.70. The number of carbonyl (C=O) groups excluding carboxylic acids is 1. The van der Waals surface area contributed by atoms with Gasteiger partial charge in [0.2, 0.25) is 0 Å². The topological polar surface area (TPSA) is 38.3 Å². The number of ether oxygens (including phenoxy) is 1. The molecule has 1 aromatic rings. The summed E-state index contributed by atoms with van der Waals surface area (Å²) in [5.74, 6) is 0.401. The second kappa shape index (κ2) is 4.74. The maximum atomic E-state index is 11.3. The summed E-state index contributed by atoms with van der Waals surface area (Å²) >= 11 is 5.99. The molecule has 86 valence electrons. The molecule has 0 heterocycles. The van der Waals surface area contributed by atoms with Gasteiger partial charge < -0.3 is 10.1 Å². The molecule has 0 aliphatic heterocycles. The number of nitrogens with one attached hydrogen (secondary N) is 1. The molecule has 4 heteroatoms. The van der Waals surface area contributed by atoms with Gasteiger partial charge in [0.1, 0.15) is 0 Å². The van der Waals surface area contributed by atoms with E-state index in [0.717, 1.165) is 18.2 Å². The third kappa shape index (κ3) is 2.67. The van der Waals surface area contributed by atoms with Crippen molar-refractivity contribution in [3.05, 3.63) is 28.8 Å². The van der Waals surface area contributed by atoms with Gasteiger partial charge in [0.25, 0.3) is 0 Å². The third-order valence-electron chi connectivity index (χ3n) is 2.67. The van der Waals surface area contributed by atoms with Crippen LogP contribution in [0.15, 0.2) is 18.2 Å². The SMILES string of the molecule is COC(=O)c1ccc(NCC2CC2)cc1Cl. The zero-order chi connectivity index (χ0) is 11.5. The Morgan fingerprint density at radius 1 is 1.56 bits per heavy atom. The molecule has 1 aliphatic carbocycles. The van der Waals surface area contributed by atoms with Crippen LogP contribution in [-0.2, 0) is 4.74 Å². The van der Waals surface area contributed by atoms with Crippen LogP contribution < -0.4 is 5.32 Å². The van der Waals surface area contributed by atoms with E-state index in [-0.39, 0.29) is 0 Å². The molecular formula is C12H14ClNO2. The zero-order valence-corrected chi connectivity index (χ0v) is 9.88. The standard InChI is InChI=1S/C12H14ClNO2/c1-16-12(15)10-5-4-9(6-11(10)13)14-7-8-2-3-8/h4-6,8,14H,2-3,7H2,1H3. The van der Waals surface area contributed by atoms with Gasteiger partial charge in [-0.15, -0.1) is 0 Å². The average molecular weight is 240 g/mol. The van der Waals surface area contributed by atoms with Crippen LogP contribution in [0.1, 0.15) is 23.2 Å². The Morgan fingerprint density at radius 3 is 2.88 bits per heavy atom. The Hall–Kier alpha value is -1.22. The lowest BCUT2D eigenvalue weighted by Gasteiger charge is -2.07. The maximum absolute atomic E-state index is 11.3. The second-order valence-corrected chi connectivity index (χ2v) is 4.42. The highest BCUT2D eigenvalue weighted by Crippen LogP contribution is 2.29. The minimum absolute atomic E-state index is 0.404.